The largest absolute Gasteiger partial charge is 0.192 e. The molecule has 74 valence electrons. The third-order valence-corrected chi connectivity index (χ3v) is 3.14. The van der Waals surface area contributed by atoms with E-state index < -0.39 is 0 Å². The van der Waals surface area contributed by atoms with Gasteiger partial charge in [-0.15, -0.1) is 0 Å². The van der Waals surface area contributed by atoms with E-state index >= 15 is 0 Å². The summed E-state index contributed by atoms with van der Waals surface area (Å²) in [5.74, 6) is 0. The first-order valence-electron chi connectivity index (χ1n) is 4.77. The minimum absolute atomic E-state index is 0.729. The van der Waals surface area contributed by atoms with Crippen LogP contribution < -0.4 is 0 Å². The van der Waals surface area contributed by atoms with Crippen LogP contribution in [0.5, 0.6) is 0 Å². The summed E-state index contributed by atoms with van der Waals surface area (Å²) >= 11 is 1.79. The molecule has 0 aromatic carbocycles. The maximum atomic E-state index is 8.76. The maximum absolute atomic E-state index is 8.76. The zero-order valence-electron chi connectivity index (χ0n) is 8.74. The molecule has 1 aliphatic heterocycles. The maximum Gasteiger partial charge on any atom is 0.0991 e. The van der Waals surface area contributed by atoms with Crippen molar-refractivity contribution < 1.29 is 0 Å². The molecule has 1 heterocycles. The molecule has 0 aromatic rings. The van der Waals surface area contributed by atoms with Crippen molar-refractivity contribution in [2.45, 2.75) is 13.8 Å². The van der Waals surface area contributed by atoms with Crippen LogP contribution in [0.15, 0.2) is 56.9 Å². The summed E-state index contributed by atoms with van der Waals surface area (Å²) in [6.45, 7) is 4.21. The number of hydrogen-bond donors (Lipinski definition) is 0. The molecule has 1 nitrogen and oxygen atoms in total. The number of rotatable bonds is 0. The first kappa shape index (κ1) is 10.1. The van der Waals surface area contributed by atoms with E-state index in [0.717, 1.165) is 11.1 Å². The Morgan fingerprint density at radius 2 is 1.67 bits per heavy atom. The van der Waals surface area contributed by atoms with Gasteiger partial charge in [0.25, 0.3) is 0 Å². The zero-order valence-corrected chi connectivity index (χ0v) is 9.56. The van der Waals surface area contributed by atoms with Crippen molar-refractivity contribution in [3.05, 3.63) is 56.9 Å². The Morgan fingerprint density at radius 3 is 2.20 bits per heavy atom. The third-order valence-electron chi connectivity index (χ3n) is 2.26. The van der Waals surface area contributed by atoms with E-state index in [1.165, 1.54) is 15.4 Å². The van der Waals surface area contributed by atoms with E-state index in [-0.39, 0.29) is 0 Å². The predicted octanol–water partition coefficient (Wildman–Crippen LogP) is 3.86. The second kappa shape index (κ2) is 3.96. The van der Waals surface area contributed by atoms with Gasteiger partial charge in [0, 0.05) is 0 Å². The van der Waals surface area contributed by atoms with E-state index in [2.05, 4.69) is 32.1 Å². The molecule has 0 bridgehead atoms. The summed E-state index contributed by atoms with van der Waals surface area (Å²) in [6, 6.07) is 2.15. The quantitative estimate of drug-likeness (QED) is 0.610. The molecule has 0 atom stereocenters. The predicted molar refractivity (Wildman–Crippen MR) is 65.0 cm³/mol. The monoisotopic (exact) mass is 213 g/mol. The number of allylic oxidation sites excluding steroid dienone is 10. The fraction of sp³-hybridized carbons (Fsp3) is 0.154. The lowest BCUT2D eigenvalue weighted by atomic mass is 10.1. The molecule has 0 spiro atoms. The minimum atomic E-state index is 0.729. The van der Waals surface area contributed by atoms with Gasteiger partial charge in [-0.3, -0.25) is 0 Å². The first-order valence-corrected chi connectivity index (χ1v) is 5.59. The smallest absolute Gasteiger partial charge is 0.0991 e. The SMILES string of the molecule is CC1=CC(=C2C=CC(C#N)=C2)C=C(C)S1. The molecular weight excluding hydrogens is 202 g/mol. The van der Waals surface area contributed by atoms with Crippen molar-refractivity contribution in [1.82, 2.24) is 0 Å². The van der Waals surface area contributed by atoms with Gasteiger partial charge in [-0.25, -0.2) is 0 Å². The van der Waals surface area contributed by atoms with Crippen LogP contribution in [0.25, 0.3) is 0 Å². The highest BCUT2D eigenvalue weighted by molar-refractivity contribution is 8.06. The molecule has 0 aromatic heterocycles. The Hall–Kier alpha value is -1.46. The number of nitrogens with zero attached hydrogens (tertiary/aromatic N) is 1. The van der Waals surface area contributed by atoms with Crippen LogP contribution in [0.1, 0.15) is 13.8 Å². The van der Waals surface area contributed by atoms with Crippen LogP contribution in [0.3, 0.4) is 0 Å². The van der Waals surface area contributed by atoms with Gasteiger partial charge >= 0.3 is 0 Å². The summed E-state index contributed by atoms with van der Waals surface area (Å²) < 4.78 is 0. The van der Waals surface area contributed by atoms with E-state index in [9.17, 15) is 0 Å². The lowest BCUT2D eigenvalue weighted by Gasteiger charge is -2.10. The molecule has 0 amide bonds. The standard InChI is InChI=1S/C13H11NS/c1-9-5-13(6-10(2)15-9)12-4-3-11(7-12)8-14/h3-7H,1-2H3. The molecule has 15 heavy (non-hydrogen) atoms. The lowest BCUT2D eigenvalue weighted by molar-refractivity contribution is 1.48. The van der Waals surface area contributed by atoms with Gasteiger partial charge < -0.3 is 0 Å². The normalized spacial score (nSPS) is 19.7. The van der Waals surface area contributed by atoms with Gasteiger partial charge in [-0.05, 0) is 59.1 Å². The van der Waals surface area contributed by atoms with E-state index in [1.54, 1.807) is 11.8 Å². The van der Waals surface area contributed by atoms with Gasteiger partial charge in [0.2, 0.25) is 0 Å². The second-order valence-electron chi connectivity index (χ2n) is 3.57. The minimum Gasteiger partial charge on any atom is -0.192 e. The average molecular weight is 213 g/mol. The fourth-order valence-corrected chi connectivity index (χ4v) is 2.53. The summed E-state index contributed by atoms with van der Waals surface area (Å²) in [7, 11) is 0. The molecule has 0 fully saturated rings. The third kappa shape index (κ3) is 2.14. The van der Waals surface area contributed by atoms with Crippen molar-refractivity contribution in [3.63, 3.8) is 0 Å². The molecule has 0 saturated carbocycles. The van der Waals surface area contributed by atoms with Crippen molar-refractivity contribution in [3.8, 4) is 6.07 Å². The second-order valence-corrected chi connectivity index (χ2v) is 5.06. The van der Waals surface area contributed by atoms with Crippen molar-refractivity contribution in [2.24, 2.45) is 0 Å². The van der Waals surface area contributed by atoms with Crippen LogP contribution in [-0.4, -0.2) is 0 Å². The van der Waals surface area contributed by atoms with Crippen LogP contribution in [0.4, 0.5) is 0 Å². The van der Waals surface area contributed by atoms with Gasteiger partial charge in [-0.1, -0.05) is 17.8 Å². The van der Waals surface area contributed by atoms with Gasteiger partial charge in [0.05, 0.1) is 11.6 Å². The number of hydrogen-bond acceptors (Lipinski definition) is 2. The first-order chi connectivity index (χ1) is 7.19. The van der Waals surface area contributed by atoms with E-state index in [4.69, 9.17) is 5.26 Å². The molecule has 2 aliphatic rings. The van der Waals surface area contributed by atoms with Crippen molar-refractivity contribution in [1.29, 1.82) is 5.26 Å². The van der Waals surface area contributed by atoms with Crippen LogP contribution in [-0.2, 0) is 0 Å². The van der Waals surface area contributed by atoms with E-state index in [1.807, 2.05) is 18.2 Å². The van der Waals surface area contributed by atoms with Crippen LogP contribution in [0.2, 0.25) is 0 Å². The Bertz CT molecular complexity index is 473. The molecule has 0 saturated heterocycles. The van der Waals surface area contributed by atoms with E-state index in [0.29, 0.717) is 0 Å². The average Bonchev–Trinajstić information content (AvgIpc) is 2.64. The molecule has 0 N–H and O–H groups in total. The molecular formula is C13H11NS. The number of thioether (sulfide) groups is 1. The van der Waals surface area contributed by atoms with Gasteiger partial charge in [0.15, 0.2) is 0 Å². The Kier molecular flexibility index (Phi) is 2.66. The molecule has 1 aliphatic carbocycles. The molecule has 0 radical (unpaired) electrons. The zero-order chi connectivity index (χ0) is 10.8. The van der Waals surface area contributed by atoms with Crippen molar-refractivity contribution >= 4 is 11.8 Å². The fourth-order valence-electron chi connectivity index (χ4n) is 1.65. The van der Waals surface area contributed by atoms with Gasteiger partial charge in [0.1, 0.15) is 0 Å². The molecule has 0 unspecified atom stereocenters. The Labute approximate surface area is 94.2 Å². The lowest BCUT2D eigenvalue weighted by Crippen LogP contribution is -1.87. The highest BCUT2D eigenvalue weighted by Gasteiger charge is 2.09. The van der Waals surface area contributed by atoms with Crippen LogP contribution in [0, 0.1) is 11.3 Å². The van der Waals surface area contributed by atoms with Gasteiger partial charge in [-0.2, -0.15) is 5.26 Å². The molecule has 2 rings (SSSR count). The number of nitriles is 1. The topological polar surface area (TPSA) is 23.8 Å². The highest BCUT2D eigenvalue weighted by Crippen LogP contribution is 2.34. The molecule has 2 heteroatoms. The summed E-state index contributed by atoms with van der Waals surface area (Å²) in [6.07, 6.45) is 10.1. The summed E-state index contributed by atoms with van der Waals surface area (Å²) in [4.78, 5) is 2.59. The van der Waals surface area contributed by atoms with Crippen molar-refractivity contribution in [2.75, 3.05) is 0 Å². The van der Waals surface area contributed by atoms with Crippen LogP contribution >= 0.6 is 11.8 Å². The Balaban J connectivity index is 2.44. The Morgan fingerprint density at radius 1 is 1.00 bits per heavy atom. The summed E-state index contributed by atoms with van der Waals surface area (Å²) in [5, 5.41) is 8.76. The highest BCUT2D eigenvalue weighted by atomic mass is 32.2. The summed E-state index contributed by atoms with van der Waals surface area (Å²) in [5.41, 5.74) is 3.06.